The minimum atomic E-state index is -0.349. The Labute approximate surface area is 106 Å². The molecule has 0 unspecified atom stereocenters. The third-order valence-electron chi connectivity index (χ3n) is 2.36. The van der Waals surface area contributed by atoms with Crippen LogP contribution in [0.2, 0.25) is 0 Å². The topological polar surface area (TPSA) is 64.6 Å². The van der Waals surface area contributed by atoms with Crippen molar-refractivity contribution in [1.29, 1.82) is 0 Å². The molecule has 0 aromatic rings. The van der Waals surface area contributed by atoms with Crippen LogP contribution >= 0.6 is 0 Å². The van der Waals surface area contributed by atoms with E-state index in [1.807, 2.05) is 0 Å². The van der Waals surface area contributed by atoms with Crippen molar-refractivity contribution in [3.05, 3.63) is 35.4 Å². The standard InChI is InChI=1S/C13H17NO4/c1-9(15)8-13(16)14-11-6-4-10(17-2)5-7-12(11)18-3/h5-7H,4,8H2,1-3H3,(H,14,16). The molecular weight excluding hydrogens is 234 g/mol. The molecule has 1 rings (SSSR count). The van der Waals surface area contributed by atoms with Gasteiger partial charge < -0.3 is 14.8 Å². The highest BCUT2D eigenvalue weighted by Gasteiger charge is 2.13. The van der Waals surface area contributed by atoms with Gasteiger partial charge in [-0.1, -0.05) is 0 Å². The maximum Gasteiger partial charge on any atom is 0.231 e. The molecule has 98 valence electrons. The number of Topliss-reactive ketones (excluding diaryl/α,β-unsaturated/α-hetero) is 1. The SMILES string of the molecule is COC1=CC=C(OC)C(NC(=O)CC(C)=O)=CC1. The summed E-state index contributed by atoms with van der Waals surface area (Å²) >= 11 is 0. The van der Waals surface area contributed by atoms with Crippen LogP contribution in [0, 0.1) is 0 Å². The van der Waals surface area contributed by atoms with Crippen LogP contribution in [0.4, 0.5) is 0 Å². The maximum absolute atomic E-state index is 11.5. The number of allylic oxidation sites excluding steroid dienone is 3. The van der Waals surface area contributed by atoms with E-state index in [4.69, 9.17) is 9.47 Å². The van der Waals surface area contributed by atoms with Crippen molar-refractivity contribution in [2.45, 2.75) is 19.8 Å². The summed E-state index contributed by atoms with van der Waals surface area (Å²) in [5.74, 6) is 0.761. The van der Waals surface area contributed by atoms with Crippen molar-refractivity contribution in [2.75, 3.05) is 14.2 Å². The van der Waals surface area contributed by atoms with E-state index in [2.05, 4.69) is 5.32 Å². The van der Waals surface area contributed by atoms with E-state index < -0.39 is 0 Å². The van der Waals surface area contributed by atoms with Crippen molar-refractivity contribution in [3.63, 3.8) is 0 Å². The first-order chi connectivity index (χ1) is 8.56. The zero-order chi connectivity index (χ0) is 13.5. The predicted octanol–water partition coefficient (Wildman–Crippen LogP) is 1.43. The Morgan fingerprint density at radius 1 is 1.28 bits per heavy atom. The van der Waals surface area contributed by atoms with Gasteiger partial charge in [0, 0.05) is 6.42 Å². The average Bonchev–Trinajstić information content (AvgIpc) is 2.50. The van der Waals surface area contributed by atoms with Gasteiger partial charge in [-0.05, 0) is 25.2 Å². The van der Waals surface area contributed by atoms with Gasteiger partial charge in [-0.25, -0.2) is 0 Å². The summed E-state index contributed by atoms with van der Waals surface area (Å²) in [5, 5.41) is 2.66. The third-order valence-corrected chi connectivity index (χ3v) is 2.36. The molecule has 5 nitrogen and oxygen atoms in total. The maximum atomic E-state index is 11.5. The molecule has 0 spiro atoms. The second-order valence-electron chi connectivity index (χ2n) is 3.82. The van der Waals surface area contributed by atoms with Crippen LogP contribution in [0.5, 0.6) is 0 Å². The molecule has 0 aromatic carbocycles. The van der Waals surface area contributed by atoms with E-state index in [1.54, 1.807) is 25.3 Å². The molecule has 0 aromatic heterocycles. The molecule has 0 heterocycles. The second-order valence-corrected chi connectivity index (χ2v) is 3.82. The van der Waals surface area contributed by atoms with Gasteiger partial charge in [0.15, 0.2) is 0 Å². The summed E-state index contributed by atoms with van der Waals surface area (Å²) in [4.78, 5) is 22.4. The molecule has 5 heteroatoms. The smallest absolute Gasteiger partial charge is 0.231 e. The molecule has 0 saturated heterocycles. The fourth-order valence-corrected chi connectivity index (χ4v) is 1.49. The Hall–Kier alpha value is -2.04. The lowest BCUT2D eigenvalue weighted by Crippen LogP contribution is -2.25. The van der Waals surface area contributed by atoms with E-state index in [-0.39, 0.29) is 18.1 Å². The number of hydrogen-bond acceptors (Lipinski definition) is 4. The molecule has 1 N–H and O–H groups in total. The van der Waals surface area contributed by atoms with Crippen LogP contribution in [-0.2, 0) is 19.1 Å². The van der Waals surface area contributed by atoms with Crippen LogP contribution in [0.3, 0.4) is 0 Å². The Morgan fingerprint density at radius 3 is 2.56 bits per heavy atom. The van der Waals surface area contributed by atoms with Crippen LogP contribution in [-0.4, -0.2) is 25.9 Å². The first kappa shape index (κ1) is 14.0. The van der Waals surface area contributed by atoms with E-state index in [9.17, 15) is 9.59 Å². The summed E-state index contributed by atoms with van der Waals surface area (Å²) in [7, 11) is 3.10. The number of hydrogen-bond donors (Lipinski definition) is 1. The van der Waals surface area contributed by atoms with Gasteiger partial charge in [-0.3, -0.25) is 9.59 Å². The first-order valence-electron chi connectivity index (χ1n) is 5.55. The van der Waals surface area contributed by atoms with Crippen molar-refractivity contribution >= 4 is 11.7 Å². The van der Waals surface area contributed by atoms with Crippen molar-refractivity contribution < 1.29 is 19.1 Å². The van der Waals surface area contributed by atoms with Crippen molar-refractivity contribution in [2.24, 2.45) is 0 Å². The molecule has 0 radical (unpaired) electrons. The molecule has 1 aliphatic rings. The fourth-order valence-electron chi connectivity index (χ4n) is 1.49. The molecular formula is C13H17NO4. The summed E-state index contributed by atoms with van der Waals surface area (Å²) in [6, 6.07) is 0. The number of rotatable bonds is 5. The molecule has 1 aliphatic carbocycles. The molecule has 18 heavy (non-hydrogen) atoms. The lowest BCUT2D eigenvalue weighted by Gasteiger charge is -2.11. The van der Waals surface area contributed by atoms with Crippen LogP contribution in [0.25, 0.3) is 0 Å². The van der Waals surface area contributed by atoms with Gasteiger partial charge in [0.05, 0.1) is 32.1 Å². The van der Waals surface area contributed by atoms with Crippen molar-refractivity contribution in [1.82, 2.24) is 5.32 Å². The minimum absolute atomic E-state index is 0.140. The van der Waals surface area contributed by atoms with Gasteiger partial charge in [0.2, 0.25) is 5.91 Å². The first-order valence-corrected chi connectivity index (χ1v) is 5.55. The summed E-state index contributed by atoms with van der Waals surface area (Å²) in [6.07, 6.45) is 5.69. The van der Waals surface area contributed by atoms with Crippen molar-refractivity contribution in [3.8, 4) is 0 Å². The van der Waals surface area contributed by atoms with Gasteiger partial charge in [-0.2, -0.15) is 0 Å². The third kappa shape index (κ3) is 4.08. The number of methoxy groups -OCH3 is 2. The Balaban J connectivity index is 2.78. The van der Waals surface area contributed by atoms with Gasteiger partial charge in [0.1, 0.15) is 11.5 Å². The Kier molecular flexibility index (Phi) is 5.17. The lowest BCUT2D eigenvalue weighted by molar-refractivity contribution is -0.126. The summed E-state index contributed by atoms with van der Waals surface area (Å²) in [6.45, 7) is 1.37. The minimum Gasteiger partial charge on any atom is -0.501 e. The molecule has 0 fully saturated rings. The number of ketones is 1. The van der Waals surface area contributed by atoms with E-state index in [1.165, 1.54) is 14.0 Å². The largest absolute Gasteiger partial charge is 0.501 e. The van der Waals surface area contributed by atoms with Gasteiger partial charge in [-0.15, -0.1) is 0 Å². The van der Waals surface area contributed by atoms with E-state index in [0.717, 1.165) is 5.76 Å². The summed E-state index contributed by atoms with van der Waals surface area (Å²) < 4.78 is 10.3. The number of carbonyl (C=O) groups excluding carboxylic acids is 2. The quantitative estimate of drug-likeness (QED) is 0.751. The number of carbonyl (C=O) groups is 2. The molecule has 0 bridgehead atoms. The Bertz CT molecular complexity index is 432. The highest BCUT2D eigenvalue weighted by atomic mass is 16.5. The predicted molar refractivity (Wildman–Crippen MR) is 66.3 cm³/mol. The Morgan fingerprint density at radius 2 is 2.00 bits per heavy atom. The highest BCUT2D eigenvalue weighted by molar-refractivity contribution is 5.97. The number of ether oxygens (including phenoxy) is 2. The molecule has 0 atom stereocenters. The van der Waals surface area contributed by atoms with Gasteiger partial charge in [0.25, 0.3) is 0 Å². The van der Waals surface area contributed by atoms with E-state index >= 15 is 0 Å². The van der Waals surface area contributed by atoms with Crippen LogP contribution in [0.1, 0.15) is 19.8 Å². The highest BCUT2D eigenvalue weighted by Crippen LogP contribution is 2.17. The zero-order valence-corrected chi connectivity index (χ0v) is 10.8. The monoisotopic (exact) mass is 251 g/mol. The normalized spacial score (nSPS) is 14.7. The van der Waals surface area contributed by atoms with Crippen LogP contribution in [0.15, 0.2) is 35.4 Å². The fraction of sp³-hybridized carbons (Fsp3) is 0.385. The lowest BCUT2D eigenvalue weighted by atomic mass is 10.2. The molecule has 0 saturated carbocycles. The van der Waals surface area contributed by atoms with E-state index in [0.29, 0.717) is 17.9 Å². The second kappa shape index (κ2) is 6.64. The average molecular weight is 251 g/mol. The zero-order valence-electron chi connectivity index (χ0n) is 10.8. The molecule has 1 amide bonds. The molecule has 0 aliphatic heterocycles. The summed E-state index contributed by atoms with van der Waals surface area (Å²) in [5.41, 5.74) is 0.548. The van der Waals surface area contributed by atoms with Gasteiger partial charge >= 0.3 is 0 Å². The number of nitrogens with one attached hydrogen (secondary N) is 1. The number of amides is 1. The van der Waals surface area contributed by atoms with Crippen LogP contribution < -0.4 is 5.32 Å².